The zero-order valence-electron chi connectivity index (χ0n) is 22.9. The first-order valence-corrected chi connectivity index (χ1v) is 14.4. The molecule has 0 saturated carbocycles. The smallest absolute Gasteiger partial charge is 0.231 e. The summed E-state index contributed by atoms with van der Waals surface area (Å²) in [6, 6.07) is 11.7. The maximum absolute atomic E-state index is 14.1. The number of hydrogen-bond donors (Lipinski definition) is 3. The quantitative estimate of drug-likeness (QED) is 0.272. The van der Waals surface area contributed by atoms with Gasteiger partial charge in [0.1, 0.15) is 22.9 Å². The van der Waals surface area contributed by atoms with Crippen LogP contribution in [0.25, 0.3) is 22.0 Å². The van der Waals surface area contributed by atoms with Gasteiger partial charge in [0.15, 0.2) is 5.82 Å². The molecule has 0 radical (unpaired) electrons. The molecule has 0 aliphatic rings. The number of aliphatic hydroxyl groups is 1. The highest BCUT2D eigenvalue weighted by Crippen LogP contribution is 2.38. The van der Waals surface area contributed by atoms with Gasteiger partial charge in [0.05, 0.1) is 17.5 Å². The minimum absolute atomic E-state index is 0.0300. The fraction of sp³-hybridized carbons (Fsp3) is 0.276. The molecule has 1 amide bonds. The van der Waals surface area contributed by atoms with Crippen LogP contribution in [0.1, 0.15) is 43.1 Å². The van der Waals surface area contributed by atoms with Gasteiger partial charge in [-0.15, -0.1) is 0 Å². The third kappa shape index (κ3) is 7.45. The van der Waals surface area contributed by atoms with Crippen LogP contribution in [0.5, 0.6) is 0 Å². The molecule has 1 atom stereocenters. The summed E-state index contributed by atoms with van der Waals surface area (Å²) >= 11 is 0. The minimum Gasteiger partial charge on any atom is -0.378 e. The van der Waals surface area contributed by atoms with Gasteiger partial charge in [-0.3, -0.25) is 14.2 Å². The molecule has 0 bridgehead atoms. The average Bonchev–Trinajstić information content (AvgIpc) is 3.14. The topological polar surface area (TPSA) is 140 Å². The summed E-state index contributed by atoms with van der Waals surface area (Å²) < 4.78 is 55.9. The Morgan fingerprint density at radius 1 is 1.15 bits per heavy atom. The fourth-order valence-electron chi connectivity index (χ4n) is 4.63. The molecular weight excluding hydrogens is 552 g/mol. The Labute approximate surface area is 236 Å². The number of carbonyl (C=O) groups is 1. The van der Waals surface area contributed by atoms with E-state index in [4.69, 9.17) is 10.7 Å². The van der Waals surface area contributed by atoms with Crippen molar-refractivity contribution in [3.63, 3.8) is 0 Å². The van der Waals surface area contributed by atoms with E-state index in [9.17, 15) is 27.1 Å². The van der Waals surface area contributed by atoms with Gasteiger partial charge in [0, 0.05) is 42.0 Å². The van der Waals surface area contributed by atoms with Gasteiger partial charge in [0.25, 0.3) is 0 Å². The number of aromatic nitrogens is 3. The summed E-state index contributed by atoms with van der Waals surface area (Å²) in [5.41, 5.74) is 7.03. The van der Waals surface area contributed by atoms with Crippen molar-refractivity contribution in [2.75, 3.05) is 11.0 Å². The van der Waals surface area contributed by atoms with Crippen molar-refractivity contribution in [3.8, 4) is 23.0 Å². The van der Waals surface area contributed by atoms with Crippen LogP contribution in [-0.2, 0) is 28.3 Å². The Morgan fingerprint density at radius 3 is 2.44 bits per heavy atom. The van der Waals surface area contributed by atoms with Crippen LogP contribution in [0.4, 0.5) is 14.6 Å². The number of benzene rings is 2. The molecule has 2 aromatic carbocycles. The Kier molecular flexibility index (Phi) is 8.15. The van der Waals surface area contributed by atoms with E-state index in [1.54, 1.807) is 37.4 Å². The lowest BCUT2D eigenvalue weighted by atomic mass is 9.87. The molecule has 0 fully saturated rings. The second-order valence-corrected chi connectivity index (χ2v) is 12.1. The van der Waals surface area contributed by atoms with Crippen LogP contribution < -0.4 is 10.5 Å². The standard InChI is InChI=1S/C29H29F2N5O4S/c1-29(2,38)11-10-21-8-9-22(23-6-5-7-24-27(23)36(3)34-28(24)35-41(4,39)40)26(33-21)18(15-25(32)37)12-17-13-19(30)16-20(31)14-17/h5-9,13-14,16,18,38H,12,15H2,1-4H3,(H2,32,37)(H,34,35)/t18-/m0/s1. The molecule has 41 heavy (non-hydrogen) atoms. The lowest BCUT2D eigenvalue weighted by Gasteiger charge is -2.20. The first-order valence-electron chi connectivity index (χ1n) is 12.5. The zero-order valence-corrected chi connectivity index (χ0v) is 23.7. The minimum atomic E-state index is -3.62. The normalized spacial score (nSPS) is 12.6. The number of nitrogens with zero attached hydrogens (tertiary/aromatic N) is 3. The number of fused-ring (bicyclic) bond motifs is 1. The Balaban J connectivity index is 1.97. The van der Waals surface area contributed by atoms with Crippen molar-refractivity contribution in [1.29, 1.82) is 0 Å². The second-order valence-electron chi connectivity index (χ2n) is 10.3. The molecule has 12 heteroatoms. The van der Waals surface area contributed by atoms with Gasteiger partial charge in [-0.1, -0.05) is 18.1 Å². The van der Waals surface area contributed by atoms with Gasteiger partial charge in [-0.25, -0.2) is 22.2 Å². The number of hydrogen-bond acceptors (Lipinski definition) is 6. The Bertz CT molecular complexity index is 1800. The maximum Gasteiger partial charge on any atom is 0.231 e. The molecule has 0 spiro atoms. The number of carbonyl (C=O) groups excluding carboxylic acids is 1. The molecular formula is C29H29F2N5O4S. The number of nitrogens with one attached hydrogen (secondary N) is 1. The summed E-state index contributed by atoms with van der Waals surface area (Å²) in [6.45, 7) is 3.05. The molecule has 214 valence electrons. The van der Waals surface area contributed by atoms with Gasteiger partial charge < -0.3 is 10.8 Å². The Morgan fingerprint density at radius 2 is 1.83 bits per heavy atom. The fourth-order valence-corrected chi connectivity index (χ4v) is 5.13. The molecule has 4 aromatic rings. The van der Waals surface area contributed by atoms with Gasteiger partial charge in [-0.2, -0.15) is 5.10 Å². The van der Waals surface area contributed by atoms with Gasteiger partial charge in [-0.05, 0) is 62.1 Å². The number of pyridine rings is 1. The SMILES string of the molecule is Cn1nc(NS(C)(=O)=O)c2cccc(-c3ccc(C#CC(C)(C)O)nc3[C@H](CC(N)=O)Cc3cc(F)cc(F)c3)c21. The van der Waals surface area contributed by atoms with E-state index in [0.717, 1.165) is 12.3 Å². The van der Waals surface area contributed by atoms with E-state index >= 15 is 0 Å². The average molecular weight is 582 g/mol. The van der Waals surface area contributed by atoms with E-state index in [2.05, 4.69) is 21.7 Å². The van der Waals surface area contributed by atoms with Crippen LogP contribution in [0.2, 0.25) is 0 Å². The molecule has 0 saturated heterocycles. The third-order valence-electron chi connectivity index (χ3n) is 6.10. The number of sulfonamides is 1. The summed E-state index contributed by atoms with van der Waals surface area (Å²) in [6.07, 6.45) is 0.863. The van der Waals surface area contributed by atoms with E-state index in [1.165, 1.54) is 30.7 Å². The van der Waals surface area contributed by atoms with Crippen molar-refractivity contribution >= 4 is 32.7 Å². The van der Waals surface area contributed by atoms with Crippen molar-refractivity contribution in [2.24, 2.45) is 12.8 Å². The number of anilines is 1. The molecule has 2 aromatic heterocycles. The van der Waals surface area contributed by atoms with Crippen LogP contribution in [0, 0.1) is 23.5 Å². The number of nitrogens with two attached hydrogens (primary N) is 1. The van der Waals surface area contributed by atoms with Crippen molar-refractivity contribution in [2.45, 2.75) is 38.2 Å². The zero-order chi connectivity index (χ0) is 30.1. The first kappa shape index (κ1) is 29.6. The lowest BCUT2D eigenvalue weighted by molar-refractivity contribution is -0.118. The van der Waals surface area contributed by atoms with E-state index < -0.39 is 39.1 Å². The number of aryl methyl sites for hydroxylation is 1. The molecule has 4 rings (SSSR count). The van der Waals surface area contributed by atoms with Crippen LogP contribution in [-0.4, -0.2) is 46.1 Å². The number of amides is 1. The first-order chi connectivity index (χ1) is 19.1. The Hall–Kier alpha value is -4.34. The second kappa shape index (κ2) is 11.3. The monoisotopic (exact) mass is 581 g/mol. The van der Waals surface area contributed by atoms with Crippen molar-refractivity contribution in [3.05, 3.63) is 77.1 Å². The molecule has 4 N–H and O–H groups in total. The molecule has 0 aliphatic carbocycles. The molecule has 2 heterocycles. The van der Waals surface area contributed by atoms with Gasteiger partial charge in [0.2, 0.25) is 15.9 Å². The van der Waals surface area contributed by atoms with E-state index in [1.807, 2.05) is 0 Å². The predicted octanol–water partition coefficient (Wildman–Crippen LogP) is 3.61. The molecule has 0 aliphatic heterocycles. The van der Waals surface area contributed by atoms with Crippen molar-refractivity contribution in [1.82, 2.24) is 14.8 Å². The summed E-state index contributed by atoms with van der Waals surface area (Å²) in [5.74, 6) is 2.78. The summed E-state index contributed by atoms with van der Waals surface area (Å²) in [4.78, 5) is 16.9. The third-order valence-corrected chi connectivity index (χ3v) is 6.66. The van der Waals surface area contributed by atoms with Crippen molar-refractivity contribution < 1.29 is 27.1 Å². The van der Waals surface area contributed by atoms with Crippen LogP contribution in [0.15, 0.2) is 48.5 Å². The van der Waals surface area contributed by atoms with E-state index in [-0.39, 0.29) is 18.7 Å². The highest BCUT2D eigenvalue weighted by Gasteiger charge is 2.25. The summed E-state index contributed by atoms with van der Waals surface area (Å²) in [7, 11) is -1.96. The van der Waals surface area contributed by atoms with E-state index in [0.29, 0.717) is 39.0 Å². The largest absolute Gasteiger partial charge is 0.378 e. The van der Waals surface area contributed by atoms with Crippen LogP contribution >= 0.6 is 0 Å². The van der Waals surface area contributed by atoms with Gasteiger partial charge >= 0.3 is 0 Å². The highest BCUT2D eigenvalue weighted by atomic mass is 32.2. The van der Waals surface area contributed by atoms with Crippen LogP contribution in [0.3, 0.4) is 0 Å². The predicted molar refractivity (Wildman–Crippen MR) is 152 cm³/mol. The maximum atomic E-state index is 14.1. The number of halogens is 2. The highest BCUT2D eigenvalue weighted by molar-refractivity contribution is 7.92. The lowest BCUT2D eigenvalue weighted by Crippen LogP contribution is -2.19. The molecule has 0 unspecified atom stereocenters. The molecule has 9 nitrogen and oxygen atoms in total. The number of rotatable bonds is 8. The number of primary amides is 1. The summed E-state index contributed by atoms with van der Waals surface area (Å²) in [5, 5.41) is 15.0. The number of para-hydroxylation sites is 1.